The Morgan fingerprint density at radius 3 is 2.40 bits per heavy atom. The lowest BCUT2D eigenvalue weighted by Crippen LogP contribution is -2.30. The van der Waals surface area contributed by atoms with Crippen LogP contribution in [0.3, 0.4) is 0 Å². The first kappa shape index (κ1) is 12.4. The van der Waals surface area contributed by atoms with E-state index in [1.54, 1.807) is 0 Å². The van der Waals surface area contributed by atoms with Gasteiger partial charge in [-0.15, -0.1) is 0 Å². The molecule has 0 amide bonds. The van der Waals surface area contributed by atoms with Gasteiger partial charge in [-0.2, -0.15) is 13.2 Å². The zero-order valence-corrected chi connectivity index (χ0v) is 8.94. The van der Waals surface area contributed by atoms with Crippen molar-refractivity contribution in [2.45, 2.75) is 18.7 Å². The second-order valence-corrected chi connectivity index (χ2v) is 3.86. The number of rotatable bonds is 2. The molecule has 0 radical (unpaired) electrons. The van der Waals surface area contributed by atoms with Crippen molar-refractivity contribution in [3.8, 4) is 0 Å². The highest BCUT2D eigenvalue weighted by atomic mass is 79.9. The molecule has 84 valence electrons. The molecule has 6 heteroatoms. The molecule has 0 bridgehead atoms. The van der Waals surface area contributed by atoms with Gasteiger partial charge in [0.15, 0.2) is 6.10 Å². The summed E-state index contributed by atoms with van der Waals surface area (Å²) in [5, 5.41) is 8.77. The van der Waals surface area contributed by atoms with E-state index in [4.69, 9.17) is 5.11 Å². The molecule has 0 fully saturated rings. The van der Waals surface area contributed by atoms with Crippen LogP contribution in [0.4, 0.5) is 17.6 Å². The van der Waals surface area contributed by atoms with E-state index in [0.717, 1.165) is 6.07 Å². The summed E-state index contributed by atoms with van der Waals surface area (Å²) < 4.78 is 48.8. The number of benzene rings is 1. The Balaban J connectivity index is 2.78. The summed E-state index contributed by atoms with van der Waals surface area (Å²) in [4.78, 5) is 0. The second-order valence-electron chi connectivity index (χ2n) is 3.01. The third-order valence-corrected chi connectivity index (χ3v) is 2.40. The Hall–Kier alpha value is -0.620. The van der Waals surface area contributed by atoms with Crippen molar-refractivity contribution < 1.29 is 22.7 Å². The fourth-order valence-corrected chi connectivity index (χ4v) is 1.43. The van der Waals surface area contributed by atoms with Gasteiger partial charge < -0.3 is 5.11 Å². The van der Waals surface area contributed by atoms with Crippen LogP contribution in [0.2, 0.25) is 0 Å². The summed E-state index contributed by atoms with van der Waals surface area (Å²) in [6, 6.07) is 3.46. The third-order valence-electron chi connectivity index (χ3n) is 1.79. The molecule has 0 aliphatic rings. The molecule has 0 saturated heterocycles. The lowest BCUT2D eigenvalue weighted by atomic mass is 10.1. The van der Waals surface area contributed by atoms with Crippen LogP contribution in [0.1, 0.15) is 5.56 Å². The van der Waals surface area contributed by atoms with Crippen LogP contribution >= 0.6 is 15.9 Å². The molecular formula is C9H7BrF4O. The highest BCUT2D eigenvalue weighted by Gasteiger charge is 2.37. The Morgan fingerprint density at radius 1 is 1.33 bits per heavy atom. The van der Waals surface area contributed by atoms with Gasteiger partial charge in [-0.05, 0) is 33.6 Å². The summed E-state index contributed by atoms with van der Waals surface area (Å²) in [6.07, 6.45) is -7.65. The lowest BCUT2D eigenvalue weighted by Gasteiger charge is -2.14. The molecule has 0 aromatic heterocycles. The van der Waals surface area contributed by atoms with Gasteiger partial charge >= 0.3 is 6.18 Å². The maximum atomic E-state index is 12.7. The zero-order valence-electron chi connectivity index (χ0n) is 7.35. The third kappa shape index (κ3) is 3.46. The molecule has 0 unspecified atom stereocenters. The van der Waals surface area contributed by atoms with Gasteiger partial charge in [-0.25, -0.2) is 4.39 Å². The monoisotopic (exact) mass is 286 g/mol. The van der Waals surface area contributed by atoms with Gasteiger partial charge in [-0.1, -0.05) is 6.07 Å². The highest BCUT2D eigenvalue weighted by Crippen LogP contribution is 2.24. The number of aliphatic hydroxyl groups excluding tert-OH is 1. The number of hydrogen-bond acceptors (Lipinski definition) is 1. The van der Waals surface area contributed by atoms with Crippen molar-refractivity contribution in [3.05, 3.63) is 34.1 Å². The van der Waals surface area contributed by atoms with Crippen LogP contribution in [0, 0.1) is 5.82 Å². The molecule has 0 aliphatic heterocycles. The van der Waals surface area contributed by atoms with Gasteiger partial charge in [0.1, 0.15) is 5.82 Å². The summed E-state index contributed by atoms with van der Waals surface area (Å²) in [5.74, 6) is -0.555. The Bertz CT molecular complexity index is 350. The van der Waals surface area contributed by atoms with Crippen molar-refractivity contribution in [2.75, 3.05) is 0 Å². The van der Waals surface area contributed by atoms with Crippen LogP contribution in [-0.2, 0) is 6.42 Å². The van der Waals surface area contributed by atoms with Gasteiger partial charge in [-0.3, -0.25) is 0 Å². The minimum Gasteiger partial charge on any atom is -0.383 e. The predicted octanol–water partition coefficient (Wildman–Crippen LogP) is 3.05. The Morgan fingerprint density at radius 2 is 1.93 bits per heavy atom. The first-order valence-electron chi connectivity index (χ1n) is 3.99. The molecule has 0 saturated carbocycles. The van der Waals surface area contributed by atoms with Gasteiger partial charge in [0.25, 0.3) is 0 Å². The minimum atomic E-state index is -4.65. The van der Waals surface area contributed by atoms with E-state index in [1.165, 1.54) is 12.1 Å². The molecular weight excluding hydrogens is 280 g/mol. The summed E-state index contributed by atoms with van der Waals surface area (Å²) in [7, 11) is 0. The molecule has 1 atom stereocenters. The fourth-order valence-electron chi connectivity index (χ4n) is 1.01. The molecule has 0 spiro atoms. The summed E-state index contributed by atoms with van der Waals surface area (Å²) in [5.41, 5.74) is 0.216. The van der Waals surface area contributed by atoms with Crippen LogP contribution in [0.5, 0.6) is 0 Å². The van der Waals surface area contributed by atoms with Crippen molar-refractivity contribution in [1.82, 2.24) is 0 Å². The Labute approximate surface area is 91.9 Å². The van der Waals surface area contributed by atoms with Gasteiger partial charge in [0.2, 0.25) is 0 Å². The van der Waals surface area contributed by atoms with E-state index in [2.05, 4.69) is 15.9 Å². The largest absolute Gasteiger partial charge is 0.414 e. The quantitative estimate of drug-likeness (QED) is 0.829. The SMILES string of the molecule is O[C@H](Cc1ccc(F)c(Br)c1)C(F)(F)F. The van der Waals surface area contributed by atoms with Crippen LogP contribution in [0.25, 0.3) is 0 Å². The first-order chi connectivity index (χ1) is 6.80. The van der Waals surface area contributed by atoms with E-state index in [-0.39, 0.29) is 10.0 Å². The van der Waals surface area contributed by atoms with E-state index < -0.39 is 24.5 Å². The molecule has 15 heavy (non-hydrogen) atoms. The maximum absolute atomic E-state index is 12.7. The maximum Gasteiger partial charge on any atom is 0.414 e. The summed E-state index contributed by atoms with van der Waals surface area (Å²) >= 11 is 2.85. The molecule has 0 aliphatic carbocycles. The second kappa shape index (κ2) is 4.49. The predicted molar refractivity (Wildman–Crippen MR) is 49.9 cm³/mol. The van der Waals surface area contributed by atoms with Crippen LogP contribution < -0.4 is 0 Å². The van der Waals surface area contributed by atoms with Crippen molar-refractivity contribution in [3.63, 3.8) is 0 Å². The molecule has 0 heterocycles. The van der Waals surface area contributed by atoms with Crippen molar-refractivity contribution in [2.24, 2.45) is 0 Å². The van der Waals surface area contributed by atoms with Gasteiger partial charge in [0, 0.05) is 6.42 Å². The van der Waals surface area contributed by atoms with E-state index in [9.17, 15) is 17.6 Å². The number of aliphatic hydroxyl groups is 1. The molecule has 1 N–H and O–H groups in total. The van der Waals surface area contributed by atoms with Crippen LogP contribution in [0.15, 0.2) is 22.7 Å². The van der Waals surface area contributed by atoms with Crippen molar-refractivity contribution >= 4 is 15.9 Å². The van der Waals surface area contributed by atoms with E-state index >= 15 is 0 Å². The first-order valence-corrected chi connectivity index (χ1v) is 4.78. The molecule has 1 aromatic rings. The zero-order chi connectivity index (χ0) is 11.6. The molecule has 1 rings (SSSR count). The molecule has 1 aromatic carbocycles. The summed E-state index contributed by atoms with van der Waals surface area (Å²) in [6.45, 7) is 0. The van der Waals surface area contributed by atoms with E-state index in [0.29, 0.717) is 0 Å². The smallest absolute Gasteiger partial charge is 0.383 e. The Kier molecular flexibility index (Phi) is 3.72. The minimum absolute atomic E-state index is 0.0781. The van der Waals surface area contributed by atoms with E-state index in [1.807, 2.05) is 0 Å². The number of alkyl halides is 3. The van der Waals surface area contributed by atoms with Crippen molar-refractivity contribution in [1.29, 1.82) is 0 Å². The number of hydrogen-bond donors (Lipinski definition) is 1. The topological polar surface area (TPSA) is 20.2 Å². The fraction of sp³-hybridized carbons (Fsp3) is 0.333. The highest BCUT2D eigenvalue weighted by molar-refractivity contribution is 9.10. The molecule has 1 nitrogen and oxygen atoms in total. The van der Waals surface area contributed by atoms with Gasteiger partial charge in [0.05, 0.1) is 4.47 Å². The number of halogens is 5. The standard InChI is InChI=1S/C9H7BrF4O/c10-6-3-5(1-2-7(6)11)4-8(15)9(12,13)14/h1-3,8,15H,4H2/t8-/m1/s1. The lowest BCUT2D eigenvalue weighted by molar-refractivity contribution is -0.203. The average Bonchev–Trinajstić information content (AvgIpc) is 2.10. The van der Waals surface area contributed by atoms with Crippen LogP contribution in [-0.4, -0.2) is 17.4 Å². The normalized spacial score (nSPS) is 14.0. The average molecular weight is 287 g/mol.